The lowest BCUT2D eigenvalue weighted by atomic mass is 10.2. The molecule has 26 heavy (non-hydrogen) atoms. The predicted octanol–water partition coefficient (Wildman–Crippen LogP) is 6.30. The minimum Gasteiger partial charge on any atom is -0.415 e. The van der Waals surface area contributed by atoms with Gasteiger partial charge in [-0.05, 0) is 36.4 Å². The Morgan fingerprint density at radius 3 is 1.77 bits per heavy atom. The standard InChI is InChI=1S/C19H16Cl2NO3P/c20-14-11-12-17(18(21)13-14)19(22)26(23,24-15-7-3-1-4-8-15)25-16-9-5-2-6-10-16/h1-13,19H,22H2. The van der Waals surface area contributed by atoms with E-state index in [9.17, 15) is 4.57 Å². The van der Waals surface area contributed by atoms with Gasteiger partial charge in [0.1, 0.15) is 11.5 Å². The van der Waals surface area contributed by atoms with E-state index in [2.05, 4.69) is 0 Å². The Balaban J connectivity index is 2.00. The highest BCUT2D eigenvalue weighted by molar-refractivity contribution is 7.55. The van der Waals surface area contributed by atoms with Crippen molar-refractivity contribution in [3.63, 3.8) is 0 Å². The van der Waals surface area contributed by atoms with Crippen molar-refractivity contribution in [3.8, 4) is 11.5 Å². The van der Waals surface area contributed by atoms with E-state index in [0.717, 1.165) is 0 Å². The molecule has 0 saturated heterocycles. The molecule has 0 fully saturated rings. The number of hydrogen-bond donors (Lipinski definition) is 1. The number of rotatable bonds is 6. The lowest BCUT2D eigenvalue weighted by Gasteiger charge is -2.25. The van der Waals surface area contributed by atoms with Crippen molar-refractivity contribution in [2.75, 3.05) is 0 Å². The van der Waals surface area contributed by atoms with Crippen LogP contribution in [0, 0.1) is 0 Å². The number of nitrogens with two attached hydrogens (primary N) is 1. The molecule has 0 aliphatic carbocycles. The molecule has 0 saturated carbocycles. The highest BCUT2D eigenvalue weighted by Crippen LogP contribution is 2.58. The maximum absolute atomic E-state index is 13.6. The summed E-state index contributed by atoms with van der Waals surface area (Å²) in [6.07, 6.45) is 0. The van der Waals surface area contributed by atoms with E-state index in [1.807, 2.05) is 12.1 Å². The SMILES string of the molecule is NC(c1ccc(Cl)cc1Cl)P(=O)(Oc1ccccc1)Oc1ccccc1. The maximum atomic E-state index is 13.6. The van der Waals surface area contributed by atoms with Gasteiger partial charge in [-0.1, -0.05) is 65.7 Å². The maximum Gasteiger partial charge on any atom is 0.451 e. The normalized spacial score (nSPS) is 12.4. The van der Waals surface area contributed by atoms with Gasteiger partial charge in [0.15, 0.2) is 5.78 Å². The Labute approximate surface area is 162 Å². The summed E-state index contributed by atoms with van der Waals surface area (Å²) in [4.78, 5) is 0. The van der Waals surface area contributed by atoms with Crippen LogP contribution in [0.15, 0.2) is 78.9 Å². The smallest absolute Gasteiger partial charge is 0.415 e. The largest absolute Gasteiger partial charge is 0.451 e. The minimum atomic E-state index is -3.87. The van der Waals surface area contributed by atoms with Crippen LogP contribution in [-0.2, 0) is 4.57 Å². The first-order valence-corrected chi connectivity index (χ1v) is 10.1. The molecule has 0 radical (unpaired) electrons. The molecular weight excluding hydrogens is 392 g/mol. The average molecular weight is 408 g/mol. The van der Waals surface area contributed by atoms with Crippen LogP contribution in [0.3, 0.4) is 0 Å². The summed E-state index contributed by atoms with van der Waals surface area (Å²) in [5.41, 5.74) is 6.70. The minimum absolute atomic E-state index is 0.290. The van der Waals surface area contributed by atoms with Crippen LogP contribution in [0.5, 0.6) is 11.5 Å². The number of benzene rings is 3. The lowest BCUT2D eigenvalue weighted by molar-refractivity contribution is 0.373. The number of halogens is 2. The van der Waals surface area contributed by atoms with E-state index in [4.69, 9.17) is 38.0 Å². The van der Waals surface area contributed by atoms with E-state index >= 15 is 0 Å². The second kappa shape index (κ2) is 8.15. The molecule has 0 heterocycles. The zero-order chi connectivity index (χ0) is 18.6. The molecule has 4 nitrogen and oxygen atoms in total. The molecule has 3 aromatic rings. The van der Waals surface area contributed by atoms with Gasteiger partial charge in [-0.25, -0.2) is 4.57 Å². The third-order valence-electron chi connectivity index (χ3n) is 3.57. The first-order chi connectivity index (χ1) is 12.5. The molecule has 0 bridgehead atoms. The third kappa shape index (κ3) is 4.40. The Morgan fingerprint density at radius 2 is 1.31 bits per heavy atom. The molecule has 7 heteroatoms. The summed E-state index contributed by atoms with van der Waals surface area (Å²) in [6.45, 7) is 0. The fraction of sp³-hybridized carbons (Fsp3) is 0.0526. The third-order valence-corrected chi connectivity index (χ3v) is 6.03. The van der Waals surface area contributed by atoms with Crippen molar-refractivity contribution >= 4 is 30.8 Å². The Kier molecular flexibility index (Phi) is 5.90. The quantitative estimate of drug-likeness (QED) is 0.486. The molecule has 1 atom stereocenters. The molecule has 0 aromatic heterocycles. The highest BCUT2D eigenvalue weighted by atomic mass is 35.5. The first-order valence-electron chi connectivity index (χ1n) is 7.77. The lowest BCUT2D eigenvalue weighted by Crippen LogP contribution is -2.18. The molecule has 0 spiro atoms. The summed E-state index contributed by atoms with van der Waals surface area (Å²) in [7, 11) is -3.87. The van der Waals surface area contributed by atoms with E-state index in [1.165, 1.54) is 6.07 Å². The summed E-state index contributed by atoms with van der Waals surface area (Å²) >= 11 is 12.2. The van der Waals surface area contributed by atoms with Crippen LogP contribution < -0.4 is 14.8 Å². The van der Waals surface area contributed by atoms with Crippen LogP contribution >= 0.6 is 30.8 Å². The summed E-state index contributed by atoms with van der Waals surface area (Å²) < 4.78 is 25.1. The van der Waals surface area contributed by atoms with Gasteiger partial charge >= 0.3 is 7.60 Å². The average Bonchev–Trinajstić information content (AvgIpc) is 2.63. The number of para-hydroxylation sites is 2. The predicted molar refractivity (Wildman–Crippen MR) is 105 cm³/mol. The van der Waals surface area contributed by atoms with Crippen molar-refractivity contribution in [2.45, 2.75) is 5.78 Å². The zero-order valence-corrected chi connectivity index (χ0v) is 16.0. The summed E-state index contributed by atoms with van der Waals surface area (Å²) in [6, 6.07) is 22.2. The molecule has 0 aliphatic heterocycles. The van der Waals surface area contributed by atoms with Crippen LogP contribution in [0.1, 0.15) is 11.3 Å². The first kappa shape index (κ1) is 18.8. The van der Waals surface area contributed by atoms with Crippen molar-refractivity contribution < 1.29 is 13.6 Å². The summed E-state index contributed by atoms with van der Waals surface area (Å²) in [5, 5.41) is 0.743. The molecule has 0 aliphatic rings. The van der Waals surface area contributed by atoms with Gasteiger partial charge in [-0.15, -0.1) is 0 Å². The molecule has 0 amide bonds. The van der Waals surface area contributed by atoms with Crippen molar-refractivity contribution in [1.82, 2.24) is 0 Å². The van der Waals surface area contributed by atoms with Crippen LogP contribution in [0.25, 0.3) is 0 Å². The fourth-order valence-electron chi connectivity index (χ4n) is 2.30. The number of hydrogen-bond acceptors (Lipinski definition) is 4. The molecule has 3 aromatic carbocycles. The van der Waals surface area contributed by atoms with Gasteiger partial charge in [-0.3, -0.25) is 0 Å². The van der Waals surface area contributed by atoms with Gasteiger partial charge < -0.3 is 14.8 Å². The van der Waals surface area contributed by atoms with Crippen molar-refractivity contribution in [3.05, 3.63) is 94.5 Å². The van der Waals surface area contributed by atoms with Crippen LogP contribution in [0.2, 0.25) is 10.0 Å². The topological polar surface area (TPSA) is 61.6 Å². The highest BCUT2D eigenvalue weighted by Gasteiger charge is 2.39. The fourth-order valence-corrected chi connectivity index (χ4v) is 4.56. The monoisotopic (exact) mass is 407 g/mol. The van der Waals surface area contributed by atoms with Gasteiger partial charge in [0, 0.05) is 15.6 Å². The van der Waals surface area contributed by atoms with Gasteiger partial charge in [0.2, 0.25) is 0 Å². The molecule has 2 N–H and O–H groups in total. The Bertz CT molecular complexity index is 877. The summed E-state index contributed by atoms with van der Waals surface area (Å²) in [5.74, 6) is -0.340. The van der Waals surface area contributed by atoms with E-state index in [0.29, 0.717) is 27.1 Å². The van der Waals surface area contributed by atoms with E-state index in [1.54, 1.807) is 60.7 Å². The molecular formula is C19H16Cl2NO3P. The molecule has 3 rings (SSSR count). The van der Waals surface area contributed by atoms with E-state index in [-0.39, 0.29) is 0 Å². The van der Waals surface area contributed by atoms with Crippen molar-refractivity contribution in [1.29, 1.82) is 0 Å². The second-order valence-corrected chi connectivity index (χ2v) is 8.30. The second-order valence-electron chi connectivity index (χ2n) is 5.46. The zero-order valence-electron chi connectivity index (χ0n) is 13.6. The van der Waals surface area contributed by atoms with Crippen LogP contribution in [0.4, 0.5) is 0 Å². The Hall–Kier alpha value is -1.97. The molecule has 134 valence electrons. The van der Waals surface area contributed by atoms with Gasteiger partial charge in [0.05, 0.1) is 0 Å². The van der Waals surface area contributed by atoms with Gasteiger partial charge in [0.25, 0.3) is 0 Å². The van der Waals surface area contributed by atoms with Gasteiger partial charge in [-0.2, -0.15) is 0 Å². The Morgan fingerprint density at radius 1 is 0.808 bits per heavy atom. The van der Waals surface area contributed by atoms with Crippen molar-refractivity contribution in [2.24, 2.45) is 5.73 Å². The van der Waals surface area contributed by atoms with Crippen LogP contribution in [-0.4, -0.2) is 0 Å². The van der Waals surface area contributed by atoms with E-state index < -0.39 is 13.4 Å². The molecule has 1 unspecified atom stereocenters.